The number of aromatic amines is 1. The summed E-state index contributed by atoms with van der Waals surface area (Å²) in [5, 5.41) is 0. The zero-order valence-electron chi connectivity index (χ0n) is 15.8. The van der Waals surface area contributed by atoms with E-state index in [1.807, 2.05) is 24.3 Å². The van der Waals surface area contributed by atoms with Crippen LogP contribution in [-0.4, -0.2) is 35.0 Å². The molecular weight excluding hydrogens is 369 g/mol. The van der Waals surface area contributed by atoms with Crippen LogP contribution in [0.2, 0.25) is 0 Å². The van der Waals surface area contributed by atoms with Crippen LogP contribution in [0.15, 0.2) is 48.7 Å². The number of aromatic nitrogens is 2. The van der Waals surface area contributed by atoms with Crippen molar-refractivity contribution in [2.75, 3.05) is 18.0 Å². The lowest BCUT2D eigenvalue weighted by Crippen LogP contribution is -2.28. The van der Waals surface area contributed by atoms with E-state index >= 15 is 0 Å². The summed E-state index contributed by atoms with van der Waals surface area (Å²) in [7, 11) is 0. The molecule has 0 saturated carbocycles. The lowest BCUT2D eigenvalue weighted by atomic mass is 10.1. The number of benzene rings is 1. The minimum absolute atomic E-state index is 0.0894. The third kappa shape index (κ3) is 4.20. The predicted octanol–water partition coefficient (Wildman–Crippen LogP) is 3.02. The summed E-state index contributed by atoms with van der Waals surface area (Å²) >= 11 is 0. The maximum Gasteiger partial charge on any atom is 0.252 e. The second-order valence-corrected chi connectivity index (χ2v) is 7.16. The Labute approximate surface area is 168 Å². The van der Waals surface area contributed by atoms with E-state index in [2.05, 4.69) is 14.9 Å². The molecule has 29 heavy (non-hydrogen) atoms. The summed E-state index contributed by atoms with van der Waals surface area (Å²) in [4.78, 5) is 21.7. The van der Waals surface area contributed by atoms with Gasteiger partial charge in [0, 0.05) is 36.6 Å². The summed E-state index contributed by atoms with van der Waals surface area (Å²) in [5.74, 6) is -0.0387. The molecule has 3 aromatic rings. The molecule has 0 radical (unpaired) electrons. The third-order valence-electron chi connectivity index (χ3n) is 5.01. The highest BCUT2D eigenvalue weighted by atomic mass is 19.1. The smallest absolute Gasteiger partial charge is 0.252 e. The van der Waals surface area contributed by atoms with Crippen molar-refractivity contribution in [3.8, 4) is 11.3 Å². The van der Waals surface area contributed by atoms with Crippen LogP contribution in [0.1, 0.15) is 28.0 Å². The van der Waals surface area contributed by atoms with Gasteiger partial charge in [-0.15, -0.1) is 0 Å². The standard InChI is InChI=1S/C22H22FN5O/c23-16-4-1-14(2-5-16)3-6-18-11-15(7-9-26-18)20-12-19(21(25)29)22(27-20)28-10-8-17(24)13-28/h1-7,9,11-12,17,27H,8,10,13,24H2,(H2,25,29)/t17-/m0/s1. The quantitative estimate of drug-likeness (QED) is 0.622. The molecule has 1 atom stereocenters. The Kier molecular flexibility index (Phi) is 5.14. The van der Waals surface area contributed by atoms with E-state index in [-0.39, 0.29) is 11.9 Å². The number of hydrogen-bond donors (Lipinski definition) is 3. The second kappa shape index (κ2) is 7.89. The van der Waals surface area contributed by atoms with Crippen molar-refractivity contribution in [1.82, 2.24) is 9.97 Å². The summed E-state index contributed by atoms with van der Waals surface area (Å²) in [6, 6.07) is 11.9. The van der Waals surface area contributed by atoms with Gasteiger partial charge in [-0.2, -0.15) is 0 Å². The molecule has 6 nitrogen and oxygen atoms in total. The van der Waals surface area contributed by atoms with Gasteiger partial charge in [0.25, 0.3) is 5.91 Å². The molecule has 1 saturated heterocycles. The first kappa shape index (κ1) is 18.9. The van der Waals surface area contributed by atoms with E-state index in [0.29, 0.717) is 17.9 Å². The number of nitrogens with one attached hydrogen (secondary N) is 1. The number of halogens is 1. The van der Waals surface area contributed by atoms with Crippen molar-refractivity contribution in [3.05, 3.63) is 71.3 Å². The zero-order chi connectivity index (χ0) is 20.4. The molecule has 1 fully saturated rings. The van der Waals surface area contributed by atoms with Crippen molar-refractivity contribution in [2.24, 2.45) is 11.5 Å². The normalized spacial score (nSPS) is 16.6. The van der Waals surface area contributed by atoms with Crippen molar-refractivity contribution in [3.63, 3.8) is 0 Å². The minimum Gasteiger partial charge on any atom is -0.365 e. The molecule has 7 heteroatoms. The van der Waals surface area contributed by atoms with Crippen molar-refractivity contribution < 1.29 is 9.18 Å². The Morgan fingerprint density at radius 1 is 1.21 bits per heavy atom. The van der Waals surface area contributed by atoms with Gasteiger partial charge in [0.05, 0.1) is 11.3 Å². The molecule has 1 aromatic carbocycles. The SMILES string of the molecule is NC(=O)c1cc(-c2ccnc(C=Cc3ccc(F)cc3)c2)[nH]c1N1CC[C@H](N)C1. The number of nitrogens with two attached hydrogens (primary N) is 2. The Bertz CT molecular complexity index is 1060. The van der Waals surface area contributed by atoms with Gasteiger partial charge in [-0.1, -0.05) is 18.2 Å². The number of primary amides is 1. The highest BCUT2D eigenvalue weighted by molar-refractivity contribution is 5.99. The highest BCUT2D eigenvalue weighted by Crippen LogP contribution is 2.29. The molecule has 0 bridgehead atoms. The largest absolute Gasteiger partial charge is 0.365 e. The minimum atomic E-state index is -0.478. The van der Waals surface area contributed by atoms with Crippen LogP contribution in [0.3, 0.4) is 0 Å². The first-order valence-corrected chi connectivity index (χ1v) is 9.43. The average Bonchev–Trinajstić information content (AvgIpc) is 3.34. The monoisotopic (exact) mass is 391 g/mol. The lowest BCUT2D eigenvalue weighted by Gasteiger charge is -2.17. The number of carbonyl (C=O) groups excluding carboxylic acids is 1. The highest BCUT2D eigenvalue weighted by Gasteiger charge is 2.25. The number of anilines is 1. The van der Waals surface area contributed by atoms with Crippen LogP contribution in [0.25, 0.3) is 23.4 Å². The third-order valence-corrected chi connectivity index (χ3v) is 5.01. The molecule has 2 aromatic heterocycles. The molecule has 1 amide bonds. The average molecular weight is 391 g/mol. The van der Waals surface area contributed by atoms with Crippen LogP contribution in [0, 0.1) is 5.82 Å². The van der Waals surface area contributed by atoms with Gasteiger partial charge in [0.2, 0.25) is 0 Å². The zero-order valence-corrected chi connectivity index (χ0v) is 15.8. The number of H-pyrrole nitrogens is 1. The van der Waals surface area contributed by atoms with Crippen LogP contribution in [0.5, 0.6) is 0 Å². The number of hydrogen-bond acceptors (Lipinski definition) is 4. The van der Waals surface area contributed by atoms with Crippen LogP contribution < -0.4 is 16.4 Å². The molecular formula is C22H22FN5O. The fraction of sp³-hybridized carbons (Fsp3) is 0.182. The van der Waals surface area contributed by atoms with Gasteiger partial charge in [0.15, 0.2) is 0 Å². The van der Waals surface area contributed by atoms with Gasteiger partial charge in [0.1, 0.15) is 11.6 Å². The van der Waals surface area contributed by atoms with E-state index in [1.165, 1.54) is 12.1 Å². The molecule has 3 heterocycles. The van der Waals surface area contributed by atoms with Crippen molar-refractivity contribution in [2.45, 2.75) is 12.5 Å². The number of rotatable bonds is 5. The van der Waals surface area contributed by atoms with Crippen LogP contribution in [-0.2, 0) is 0 Å². The molecule has 4 rings (SSSR count). The van der Waals surface area contributed by atoms with E-state index in [9.17, 15) is 9.18 Å². The Morgan fingerprint density at radius 3 is 2.69 bits per heavy atom. The molecule has 0 unspecified atom stereocenters. The van der Waals surface area contributed by atoms with Crippen LogP contribution in [0.4, 0.5) is 10.2 Å². The first-order chi connectivity index (χ1) is 14.0. The summed E-state index contributed by atoms with van der Waals surface area (Å²) < 4.78 is 13.0. The summed E-state index contributed by atoms with van der Waals surface area (Å²) in [6.45, 7) is 1.46. The topological polar surface area (TPSA) is 101 Å². The molecule has 1 aliphatic rings. The maximum atomic E-state index is 13.0. The van der Waals surface area contributed by atoms with E-state index < -0.39 is 5.91 Å². The maximum absolute atomic E-state index is 13.0. The predicted molar refractivity (Wildman–Crippen MR) is 113 cm³/mol. The van der Waals surface area contributed by atoms with E-state index in [4.69, 9.17) is 11.5 Å². The Morgan fingerprint density at radius 2 is 2.00 bits per heavy atom. The molecule has 0 spiro atoms. The van der Waals surface area contributed by atoms with Crippen molar-refractivity contribution in [1.29, 1.82) is 0 Å². The number of pyridine rings is 1. The van der Waals surface area contributed by atoms with Gasteiger partial charge in [-0.3, -0.25) is 9.78 Å². The number of nitrogens with zero attached hydrogens (tertiary/aromatic N) is 2. The Hall–Kier alpha value is -3.45. The van der Waals surface area contributed by atoms with E-state index in [1.54, 1.807) is 24.4 Å². The summed E-state index contributed by atoms with van der Waals surface area (Å²) in [6.07, 6.45) is 6.30. The van der Waals surface area contributed by atoms with Crippen molar-refractivity contribution >= 4 is 23.9 Å². The van der Waals surface area contributed by atoms with Gasteiger partial charge < -0.3 is 21.4 Å². The molecule has 0 aliphatic carbocycles. The lowest BCUT2D eigenvalue weighted by molar-refractivity contribution is 0.100. The number of amides is 1. The molecule has 148 valence electrons. The van der Waals surface area contributed by atoms with Gasteiger partial charge in [-0.25, -0.2) is 4.39 Å². The fourth-order valence-electron chi connectivity index (χ4n) is 3.49. The molecule has 1 aliphatic heterocycles. The van der Waals surface area contributed by atoms with Crippen LogP contribution >= 0.6 is 0 Å². The Balaban J connectivity index is 1.62. The second-order valence-electron chi connectivity index (χ2n) is 7.16. The number of carbonyl (C=O) groups is 1. The summed E-state index contributed by atoms with van der Waals surface area (Å²) in [5.41, 5.74) is 15.3. The fourth-order valence-corrected chi connectivity index (χ4v) is 3.49. The van der Waals surface area contributed by atoms with E-state index in [0.717, 1.165) is 35.5 Å². The van der Waals surface area contributed by atoms with Gasteiger partial charge >= 0.3 is 0 Å². The first-order valence-electron chi connectivity index (χ1n) is 9.43. The van der Waals surface area contributed by atoms with Gasteiger partial charge in [-0.05, 0) is 48.4 Å². The molecule has 5 N–H and O–H groups in total.